The fourth-order valence-electron chi connectivity index (χ4n) is 6.14. The van der Waals surface area contributed by atoms with E-state index in [9.17, 15) is 0 Å². The molecule has 0 amide bonds. The molecule has 0 bridgehead atoms. The van der Waals surface area contributed by atoms with Gasteiger partial charge in [0.25, 0.3) is 0 Å². The normalized spacial score (nSPS) is 10.6. The van der Waals surface area contributed by atoms with E-state index in [-0.39, 0.29) is 64.4 Å². The molecule has 0 atom stereocenters. The summed E-state index contributed by atoms with van der Waals surface area (Å²) in [7, 11) is 0. The summed E-state index contributed by atoms with van der Waals surface area (Å²) in [4.78, 5) is 9.53. The van der Waals surface area contributed by atoms with E-state index in [4.69, 9.17) is 90.2 Å². The topological polar surface area (TPSA) is 52.9 Å². The van der Waals surface area contributed by atoms with Gasteiger partial charge in [-0.05, 0) is 91.5 Å². The van der Waals surface area contributed by atoms with Crippen LogP contribution in [0, 0.1) is 55.4 Å². The first-order chi connectivity index (χ1) is 31.2. The van der Waals surface area contributed by atoms with E-state index in [0.717, 1.165) is 45.6 Å². The average molecular weight is 1460 g/mol. The molecular formula is C56H64Cl8N4Os2. The van der Waals surface area contributed by atoms with E-state index < -0.39 is 8.59 Å². The van der Waals surface area contributed by atoms with Crippen molar-refractivity contribution in [2.24, 2.45) is 9.98 Å². The fourth-order valence-corrected chi connectivity index (χ4v) is 6.14. The zero-order valence-corrected chi connectivity index (χ0v) is 52.8. The zero-order chi connectivity index (χ0) is 49.6. The smallest absolute Gasteiger partial charge is 1.00 e. The van der Waals surface area contributed by atoms with E-state index in [1.165, 1.54) is 44.5 Å². The number of allylic oxidation sites excluding steroid dienone is 4. The second-order valence-electron chi connectivity index (χ2n) is 15.1. The average Bonchev–Trinajstić information content (AvgIpc) is 3.25. The van der Waals surface area contributed by atoms with Gasteiger partial charge >= 0.3 is 39.6 Å². The molecule has 0 unspecified atom stereocenters. The standard InChI is InChI=1S/2C21H25N2.2C6H6.2CHCl3.2ClH.2Os/c2*1-14-9-7-10-15(2)20(14)22-18(5)13-19(6)23-21-16(3)11-8-12-17(21)4;2*1-2-4-6-5-3-1;2*2-1(3)4;;;;/h2*7-13H,1-6H3;2*1-6H;2*1H;2*1H;;/q2*-1;;;;;;;2*+2/p-2/b2*18-13-,23-19?;;;;;;;;. The van der Waals surface area contributed by atoms with E-state index in [1.807, 2.05) is 113 Å². The van der Waals surface area contributed by atoms with E-state index in [1.54, 1.807) is 0 Å². The maximum atomic E-state index is 4.81. The zero-order valence-electron chi connectivity index (χ0n) is 41.7. The van der Waals surface area contributed by atoms with Gasteiger partial charge in [0.1, 0.15) is 0 Å². The summed E-state index contributed by atoms with van der Waals surface area (Å²) >= 11 is 28.8. The molecule has 70 heavy (non-hydrogen) atoms. The second kappa shape index (κ2) is 42.8. The molecule has 0 N–H and O–H groups in total. The molecule has 0 saturated carbocycles. The summed E-state index contributed by atoms with van der Waals surface area (Å²) in [6.07, 6.45) is 4.08. The van der Waals surface area contributed by atoms with Crippen molar-refractivity contribution < 1.29 is 64.4 Å². The van der Waals surface area contributed by atoms with Gasteiger partial charge in [0.05, 0.1) is 11.4 Å². The molecule has 0 aliphatic heterocycles. The number of nitrogens with zero attached hydrogens (tertiary/aromatic N) is 4. The van der Waals surface area contributed by atoms with Crippen molar-refractivity contribution in [2.75, 3.05) is 0 Å². The minimum atomic E-state index is -0.750. The van der Waals surface area contributed by atoms with Crippen LogP contribution in [0.25, 0.3) is 10.6 Å². The molecular weight excluding hydrogens is 1390 g/mol. The molecule has 0 heterocycles. The number of aryl methyl sites for hydroxylation is 8. The Labute approximate surface area is 489 Å². The van der Waals surface area contributed by atoms with E-state index in [0.29, 0.717) is 0 Å². The SMILES string of the molecule is CC(/C=C(/C)[N-]c1c(C)cccc1C)=Nc1c(C)cccc1C.CC(/C=C(/C)[N-]c1c(C)cccc1C)=Nc1c(C)cccc1C.ClC(Cl)Cl.ClC(Cl)Cl.[Cl-].[Cl-].[Os+2].[Os+2].c1ccccc1.c1ccccc1. The number of alkyl halides is 6. The summed E-state index contributed by atoms with van der Waals surface area (Å²) < 4.78 is -1.50. The van der Waals surface area contributed by atoms with Crippen LogP contribution in [0.15, 0.2) is 179 Å². The molecule has 6 aromatic rings. The number of halogens is 8. The van der Waals surface area contributed by atoms with Crippen molar-refractivity contribution in [3.05, 3.63) is 224 Å². The number of hydrogen-bond donors (Lipinski definition) is 0. The van der Waals surface area contributed by atoms with Crippen LogP contribution in [0.3, 0.4) is 0 Å². The summed E-state index contributed by atoms with van der Waals surface area (Å²) in [5, 5.41) is 9.53. The molecule has 4 nitrogen and oxygen atoms in total. The molecule has 0 fully saturated rings. The Hall–Kier alpha value is -2.67. The van der Waals surface area contributed by atoms with Gasteiger partial charge < -0.3 is 35.4 Å². The van der Waals surface area contributed by atoms with Crippen molar-refractivity contribution in [1.82, 2.24) is 0 Å². The molecule has 6 aromatic carbocycles. The Morgan fingerprint density at radius 2 is 0.529 bits per heavy atom. The molecule has 6 rings (SSSR count). The molecule has 0 spiro atoms. The van der Waals surface area contributed by atoms with Crippen LogP contribution in [-0.4, -0.2) is 20.0 Å². The number of rotatable bonds is 8. The summed E-state index contributed by atoms with van der Waals surface area (Å²) in [6.45, 7) is 24.8. The van der Waals surface area contributed by atoms with Crippen molar-refractivity contribution in [2.45, 2.75) is 91.7 Å². The summed E-state index contributed by atoms with van der Waals surface area (Å²) in [5.41, 5.74) is 17.7. The molecule has 0 aromatic heterocycles. The Bertz CT molecular complexity index is 2130. The van der Waals surface area contributed by atoms with Gasteiger partial charge in [0.15, 0.2) is 8.59 Å². The Kier molecular flexibility index (Phi) is 45.2. The van der Waals surface area contributed by atoms with Gasteiger partial charge in [0.2, 0.25) is 0 Å². The number of aliphatic imine (C=N–C) groups is 2. The van der Waals surface area contributed by atoms with Gasteiger partial charge in [-0.25, -0.2) is 0 Å². The Morgan fingerprint density at radius 1 is 0.357 bits per heavy atom. The first kappa shape index (κ1) is 73.9. The number of hydrogen-bond acceptors (Lipinski definition) is 2. The molecule has 0 aliphatic rings. The minimum absolute atomic E-state index is 0. The van der Waals surface area contributed by atoms with E-state index >= 15 is 0 Å². The van der Waals surface area contributed by atoms with Gasteiger partial charge in [0, 0.05) is 11.4 Å². The maximum absolute atomic E-state index is 4.81. The molecule has 0 radical (unpaired) electrons. The summed E-state index contributed by atoms with van der Waals surface area (Å²) in [5.74, 6) is 0. The molecule has 380 valence electrons. The Morgan fingerprint density at radius 3 is 0.714 bits per heavy atom. The largest absolute Gasteiger partial charge is 2.00 e. The van der Waals surface area contributed by atoms with Gasteiger partial charge in [-0.3, -0.25) is 9.98 Å². The van der Waals surface area contributed by atoms with Crippen molar-refractivity contribution >= 4 is 104 Å². The van der Waals surface area contributed by atoms with Crippen LogP contribution in [0.4, 0.5) is 22.7 Å². The van der Waals surface area contributed by atoms with Crippen molar-refractivity contribution in [3.63, 3.8) is 0 Å². The third-order valence-corrected chi connectivity index (χ3v) is 9.08. The van der Waals surface area contributed by atoms with Crippen LogP contribution < -0.4 is 24.8 Å². The first-order valence-electron chi connectivity index (χ1n) is 21.2. The monoisotopic (exact) mass is 1460 g/mol. The third kappa shape index (κ3) is 33.9. The summed E-state index contributed by atoms with van der Waals surface area (Å²) in [6, 6.07) is 49.0. The minimum Gasteiger partial charge on any atom is -1.00 e. The second-order valence-corrected chi connectivity index (χ2v) is 19.0. The number of benzene rings is 6. The van der Waals surface area contributed by atoms with Gasteiger partial charge in [-0.15, -0.1) is 11.4 Å². The van der Waals surface area contributed by atoms with Crippen LogP contribution in [0.5, 0.6) is 0 Å². The fraction of sp³-hybridized carbons (Fsp3) is 0.250. The van der Waals surface area contributed by atoms with Crippen molar-refractivity contribution in [1.29, 1.82) is 0 Å². The third-order valence-electron chi connectivity index (χ3n) is 9.08. The molecule has 0 aliphatic carbocycles. The van der Waals surface area contributed by atoms with Gasteiger partial charge in [-0.2, -0.15) is 11.4 Å². The van der Waals surface area contributed by atoms with Crippen molar-refractivity contribution in [3.8, 4) is 0 Å². The Balaban J connectivity index is -0.000000429. The molecule has 14 heteroatoms. The quantitative estimate of drug-likeness (QED) is 0.108. The predicted molar refractivity (Wildman–Crippen MR) is 298 cm³/mol. The van der Waals surface area contributed by atoms with Crippen LogP contribution in [0.1, 0.15) is 72.2 Å². The van der Waals surface area contributed by atoms with Crippen LogP contribution in [0.2, 0.25) is 0 Å². The molecule has 0 saturated heterocycles. The first-order valence-corrected chi connectivity index (χ1v) is 23.8. The van der Waals surface area contributed by atoms with Crippen LogP contribution in [-0.2, 0) is 39.6 Å². The predicted octanol–water partition coefficient (Wildman–Crippen LogP) is 14.6. The van der Waals surface area contributed by atoms with Gasteiger partial charge in [-0.1, -0.05) is 263 Å². The van der Waals surface area contributed by atoms with E-state index in [2.05, 4.69) is 128 Å². The maximum Gasteiger partial charge on any atom is 2.00 e. The van der Waals surface area contributed by atoms with Crippen LogP contribution >= 0.6 is 69.6 Å². The number of para-hydroxylation sites is 4.